The van der Waals surface area contributed by atoms with Crippen molar-refractivity contribution >= 4 is 0 Å². The van der Waals surface area contributed by atoms with Crippen molar-refractivity contribution in [1.82, 2.24) is 0 Å². The van der Waals surface area contributed by atoms with Crippen molar-refractivity contribution in [3.8, 4) is 5.75 Å². The highest BCUT2D eigenvalue weighted by Gasteiger charge is 2.61. The summed E-state index contributed by atoms with van der Waals surface area (Å²) < 4.78 is 76.0. The zero-order chi connectivity index (χ0) is 16.0. The minimum Gasteiger partial charge on any atom is -0.493 e. The summed E-state index contributed by atoms with van der Waals surface area (Å²) in [5.41, 5.74) is -2.15. The summed E-state index contributed by atoms with van der Waals surface area (Å²) in [4.78, 5) is 0. The molecular weight excluding hydrogens is 295 g/mol. The number of alkyl halides is 3. The molecule has 1 saturated heterocycles. The van der Waals surface area contributed by atoms with Crippen LogP contribution in [-0.4, -0.2) is 25.5 Å². The van der Waals surface area contributed by atoms with Gasteiger partial charge in [-0.15, -0.1) is 0 Å². The molecule has 1 heterocycles. The second kappa shape index (κ2) is 5.12. The molecule has 0 aliphatic carbocycles. The molecule has 0 saturated carbocycles. The third kappa shape index (κ3) is 2.37. The Bertz CT molecular complexity index is 543. The Balaban J connectivity index is 2.44. The van der Waals surface area contributed by atoms with Gasteiger partial charge in [0.05, 0.1) is 13.7 Å². The molecule has 0 bridgehead atoms. The lowest BCUT2D eigenvalue weighted by Gasteiger charge is -2.32. The third-order valence-corrected chi connectivity index (χ3v) is 4.28. The van der Waals surface area contributed by atoms with E-state index in [0.717, 1.165) is 20.1 Å². The molecule has 2 rings (SSSR count). The van der Waals surface area contributed by atoms with E-state index in [-0.39, 0.29) is 17.9 Å². The topological polar surface area (TPSA) is 18.5 Å². The van der Waals surface area contributed by atoms with Crippen LogP contribution in [0.15, 0.2) is 12.1 Å². The Kier molecular flexibility index (Phi) is 3.90. The number of benzene rings is 1. The SMILES string of the molecule is COc1c([C@H]2CO[C@@](C)(C(F)(F)F)[C@@H]2C)ccc(F)c1F. The van der Waals surface area contributed by atoms with Crippen LogP contribution in [0.2, 0.25) is 0 Å². The lowest BCUT2D eigenvalue weighted by atomic mass is 9.79. The molecule has 0 N–H and O–H groups in total. The van der Waals surface area contributed by atoms with Crippen molar-refractivity contribution in [2.24, 2.45) is 5.92 Å². The molecule has 2 nitrogen and oxygen atoms in total. The first-order valence-corrected chi connectivity index (χ1v) is 6.36. The molecule has 3 atom stereocenters. The Labute approximate surface area is 118 Å². The lowest BCUT2D eigenvalue weighted by molar-refractivity contribution is -0.266. The number of hydrogen-bond donors (Lipinski definition) is 0. The molecule has 0 aromatic heterocycles. The molecule has 21 heavy (non-hydrogen) atoms. The van der Waals surface area contributed by atoms with Crippen LogP contribution < -0.4 is 4.74 Å². The van der Waals surface area contributed by atoms with Crippen molar-refractivity contribution in [2.75, 3.05) is 13.7 Å². The van der Waals surface area contributed by atoms with Gasteiger partial charge >= 0.3 is 6.18 Å². The molecule has 0 unspecified atom stereocenters. The van der Waals surface area contributed by atoms with Gasteiger partial charge in [0.2, 0.25) is 5.82 Å². The van der Waals surface area contributed by atoms with Gasteiger partial charge in [-0.1, -0.05) is 13.0 Å². The highest BCUT2D eigenvalue weighted by Crippen LogP contribution is 2.51. The predicted molar refractivity (Wildman–Crippen MR) is 65.2 cm³/mol. The van der Waals surface area contributed by atoms with Gasteiger partial charge in [-0.3, -0.25) is 0 Å². The summed E-state index contributed by atoms with van der Waals surface area (Å²) in [6.07, 6.45) is -4.55. The lowest BCUT2D eigenvalue weighted by Crippen LogP contribution is -2.46. The minimum absolute atomic E-state index is 0.178. The molecule has 1 fully saturated rings. The summed E-state index contributed by atoms with van der Waals surface area (Å²) in [7, 11) is 1.14. The summed E-state index contributed by atoms with van der Waals surface area (Å²) in [5, 5.41) is 0. The maximum Gasteiger partial charge on any atom is 0.417 e. The second-order valence-electron chi connectivity index (χ2n) is 5.29. The molecule has 7 heteroatoms. The molecule has 1 aliphatic heterocycles. The number of ether oxygens (including phenoxy) is 2. The fraction of sp³-hybridized carbons (Fsp3) is 0.571. The number of rotatable bonds is 2. The summed E-state index contributed by atoms with van der Waals surface area (Å²) in [6, 6.07) is 2.12. The van der Waals surface area contributed by atoms with Crippen LogP contribution in [0.1, 0.15) is 25.3 Å². The monoisotopic (exact) mass is 310 g/mol. The Morgan fingerprint density at radius 1 is 1.29 bits per heavy atom. The summed E-state index contributed by atoms with van der Waals surface area (Å²) in [5.74, 6) is -4.39. The van der Waals surface area contributed by atoms with Crippen LogP contribution in [0.3, 0.4) is 0 Å². The highest BCUT2D eigenvalue weighted by molar-refractivity contribution is 5.40. The molecule has 0 radical (unpaired) electrons. The van der Waals surface area contributed by atoms with Crippen LogP contribution in [0.5, 0.6) is 5.75 Å². The van der Waals surface area contributed by atoms with Gasteiger partial charge in [0.1, 0.15) is 0 Å². The van der Waals surface area contributed by atoms with Gasteiger partial charge in [-0.25, -0.2) is 4.39 Å². The maximum absolute atomic E-state index is 13.7. The Morgan fingerprint density at radius 3 is 2.38 bits per heavy atom. The van der Waals surface area contributed by atoms with Crippen LogP contribution in [0, 0.1) is 17.6 Å². The van der Waals surface area contributed by atoms with Crippen molar-refractivity contribution < 1.29 is 31.4 Å². The van der Waals surface area contributed by atoms with E-state index in [0.29, 0.717) is 0 Å². The number of halogens is 5. The van der Waals surface area contributed by atoms with Crippen LogP contribution in [0.4, 0.5) is 22.0 Å². The Hall–Kier alpha value is -1.37. The number of methoxy groups -OCH3 is 1. The van der Waals surface area contributed by atoms with Gasteiger partial charge in [0, 0.05) is 17.4 Å². The normalized spacial score (nSPS) is 29.7. The number of hydrogen-bond acceptors (Lipinski definition) is 2. The van der Waals surface area contributed by atoms with Crippen LogP contribution in [0.25, 0.3) is 0 Å². The second-order valence-corrected chi connectivity index (χ2v) is 5.29. The first kappa shape index (κ1) is 16.0. The van der Waals surface area contributed by atoms with E-state index in [2.05, 4.69) is 0 Å². The summed E-state index contributed by atoms with van der Waals surface area (Å²) >= 11 is 0. The fourth-order valence-corrected chi connectivity index (χ4v) is 2.67. The summed E-state index contributed by atoms with van der Waals surface area (Å²) in [6.45, 7) is 2.11. The standard InChI is InChI=1S/C14H15F5O2/c1-7-9(6-21-13(7,2)14(17,18)19)8-4-5-10(15)11(16)12(8)20-3/h4-5,7,9H,6H2,1-3H3/t7-,9+,13-/m1/s1. The fourth-order valence-electron chi connectivity index (χ4n) is 2.67. The zero-order valence-corrected chi connectivity index (χ0v) is 11.7. The molecule has 1 aromatic rings. The quantitative estimate of drug-likeness (QED) is 0.767. The molecule has 0 spiro atoms. The van der Waals surface area contributed by atoms with Gasteiger partial charge in [0.25, 0.3) is 0 Å². The van der Waals surface area contributed by atoms with Gasteiger partial charge in [-0.05, 0) is 13.0 Å². The van der Waals surface area contributed by atoms with E-state index < -0.39 is 35.2 Å². The first-order chi connectivity index (χ1) is 9.63. The van der Waals surface area contributed by atoms with Crippen molar-refractivity contribution in [2.45, 2.75) is 31.5 Å². The average Bonchev–Trinajstić information content (AvgIpc) is 2.70. The largest absolute Gasteiger partial charge is 0.493 e. The van der Waals surface area contributed by atoms with E-state index in [1.54, 1.807) is 0 Å². The van der Waals surface area contributed by atoms with Crippen LogP contribution in [-0.2, 0) is 4.74 Å². The molecule has 0 amide bonds. The molecule has 1 aliphatic rings. The molecular formula is C14H15F5O2. The smallest absolute Gasteiger partial charge is 0.417 e. The van der Waals surface area contributed by atoms with Crippen molar-refractivity contribution in [3.05, 3.63) is 29.3 Å². The van der Waals surface area contributed by atoms with E-state index >= 15 is 0 Å². The van der Waals surface area contributed by atoms with E-state index in [9.17, 15) is 22.0 Å². The van der Waals surface area contributed by atoms with Crippen LogP contribution >= 0.6 is 0 Å². The van der Waals surface area contributed by atoms with Crippen molar-refractivity contribution in [3.63, 3.8) is 0 Å². The van der Waals surface area contributed by atoms with Gasteiger partial charge in [-0.2, -0.15) is 17.6 Å². The average molecular weight is 310 g/mol. The zero-order valence-electron chi connectivity index (χ0n) is 11.7. The third-order valence-electron chi connectivity index (χ3n) is 4.28. The highest BCUT2D eigenvalue weighted by atomic mass is 19.4. The van der Waals surface area contributed by atoms with Gasteiger partial charge < -0.3 is 9.47 Å². The maximum atomic E-state index is 13.7. The Morgan fingerprint density at radius 2 is 1.90 bits per heavy atom. The van der Waals surface area contributed by atoms with E-state index in [1.165, 1.54) is 13.0 Å². The molecule has 118 valence electrons. The van der Waals surface area contributed by atoms with E-state index in [4.69, 9.17) is 9.47 Å². The minimum atomic E-state index is -4.55. The van der Waals surface area contributed by atoms with Crippen molar-refractivity contribution in [1.29, 1.82) is 0 Å². The molecule has 1 aromatic carbocycles. The van der Waals surface area contributed by atoms with Gasteiger partial charge in [0.15, 0.2) is 17.2 Å². The first-order valence-electron chi connectivity index (χ1n) is 6.36. The predicted octanol–water partition coefficient (Wildman–Crippen LogP) is 4.04. The van der Waals surface area contributed by atoms with E-state index in [1.807, 2.05) is 0 Å².